The molecule has 0 saturated heterocycles. The molecule has 0 spiro atoms. The Labute approximate surface area is 183 Å². The number of carbonyl (C=O) groups excluding carboxylic acids is 1. The molecular weight excluding hydrogens is 390 g/mol. The van der Waals surface area contributed by atoms with E-state index in [1.807, 2.05) is 30.3 Å². The number of fused-ring (bicyclic) bond motifs is 2. The molecule has 5 heteroatoms. The van der Waals surface area contributed by atoms with E-state index in [1.165, 1.54) is 16.5 Å². The Morgan fingerprint density at radius 3 is 2.77 bits per heavy atom. The van der Waals surface area contributed by atoms with Crippen LogP contribution in [0, 0.1) is 0 Å². The number of hydrogen-bond donors (Lipinski definition) is 2. The van der Waals surface area contributed by atoms with Crippen molar-refractivity contribution < 1.29 is 19.4 Å². The van der Waals surface area contributed by atoms with Crippen LogP contribution in [0.5, 0.6) is 5.75 Å². The molecule has 2 atom stereocenters. The van der Waals surface area contributed by atoms with E-state index in [1.54, 1.807) is 6.92 Å². The van der Waals surface area contributed by atoms with Gasteiger partial charge in [0, 0.05) is 12.6 Å². The molecule has 1 aliphatic rings. The minimum atomic E-state index is -0.551. The zero-order chi connectivity index (χ0) is 21.6. The van der Waals surface area contributed by atoms with Gasteiger partial charge in [-0.2, -0.15) is 0 Å². The maximum Gasteiger partial charge on any atom is 0.344 e. The zero-order valence-corrected chi connectivity index (χ0v) is 17.8. The normalized spacial score (nSPS) is 16.5. The van der Waals surface area contributed by atoms with E-state index in [0.717, 1.165) is 30.2 Å². The number of aliphatic hydroxyl groups is 1. The van der Waals surface area contributed by atoms with Crippen LogP contribution in [0.15, 0.2) is 60.7 Å². The summed E-state index contributed by atoms with van der Waals surface area (Å²) in [5, 5.41) is 16.5. The summed E-state index contributed by atoms with van der Waals surface area (Å²) in [6, 6.07) is 20.6. The van der Waals surface area contributed by atoms with Gasteiger partial charge in [0.2, 0.25) is 0 Å². The minimum Gasteiger partial charge on any atom is -0.482 e. The molecule has 0 aromatic heterocycles. The van der Waals surface area contributed by atoms with Crippen LogP contribution in [0.25, 0.3) is 10.8 Å². The lowest BCUT2D eigenvalue weighted by Crippen LogP contribution is -2.37. The molecule has 0 amide bonds. The highest BCUT2D eigenvalue weighted by Gasteiger charge is 2.20. The van der Waals surface area contributed by atoms with Crippen molar-refractivity contribution in [3.63, 3.8) is 0 Å². The molecule has 0 unspecified atom stereocenters. The van der Waals surface area contributed by atoms with Gasteiger partial charge >= 0.3 is 5.97 Å². The van der Waals surface area contributed by atoms with E-state index in [0.29, 0.717) is 24.9 Å². The standard InChI is InChI=1S/C26H29NO4/c1-2-30-26(29)17-31-24-12-10-19-9-11-23(14-22(19)15-24)27-16-25(28)21-8-7-18-5-3-4-6-20(18)13-21/h3-8,10,12-13,15,23,25,27-28H,2,9,11,14,16-17H2,1H3/t23-,25+/m0/s1. The first-order valence-corrected chi connectivity index (χ1v) is 10.9. The summed E-state index contributed by atoms with van der Waals surface area (Å²) in [7, 11) is 0. The lowest BCUT2D eigenvalue weighted by molar-refractivity contribution is -0.145. The van der Waals surface area contributed by atoms with Crippen LogP contribution in [0.4, 0.5) is 0 Å². The fraction of sp³-hybridized carbons (Fsp3) is 0.346. The fourth-order valence-corrected chi connectivity index (χ4v) is 4.15. The predicted molar refractivity (Wildman–Crippen MR) is 121 cm³/mol. The Morgan fingerprint density at radius 1 is 1.10 bits per heavy atom. The number of esters is 1. The van der Waals surface area contributed by atoms with Crippen LogP contribution in [-0.2, 0) is 22.4 Å². The van der Waals surface area contributed by atoms with E-state index < -0.39 is 6.10 Å². The molecule has 2 N–H and O–H groups in total. The van der Waals surface area contributed by atoms with Crippen LogP contribution in [-0.4, -0.2) is 36.9 Å². The van der Waals surface area contributed by atoms with Crippen molar-refractivity contribution >= 4 is 16.7 Å². The Kier molecular flexibility index (Phi) is 6.85. The lowest BCUT2D eigenvalue weighted by Gasteiger charge is -2.27. The number of benzene rings is 3. The van der Waals surface area contributed by atoms with Gasteiger partial charge < -0.3 is 19.9 Å². The highest BCUT2D eigenvalue weighted by Crippen LogP contribution is 2.26. The van der Waals surface area contributed by atoms with Gasteiger partial charge in [-0.15, -0.1) is 0 Å². The summed E-state index contributed by atoms with van der Waals surface area (Å²) >= 11 is 0. The van der Waals surface area contributed by atoms with Crippen molar-refractivity contribution in [1.82, 2.24) is 5.32 Å². The number of aryl methyl sites for hydroxylation is 1. The van der Waals surface area contributed by atoms with Gasteiger partial charge in [-0.1, -0.05) is 42.5 Å². The second-order valence-electron chi connectivity index (χ2n) is 7.99. The molecule has 1 aliphatic carbocycles. The molecule has 0 aliphatic heterocycles. The van der Waals surface area contributed by atoms with Gasteiger partial charge in [-0.25, -0.2) is 4.79 Å². The van der Waals surface area contributed by atoms with Crippen LogP contribution < -0.4 is 10.1 Å². The Bertz CT molecular complexity index is 1050. The molecule has 31 heavy (non-hydrogen) atoms. The SMILES string of the molecule is CCOC(=O)COc1ccc2c(c1)C[C@@H](NC[C@@H](O)c1ccc3ccccc3c1)CC2. The number of ether oxygens (including phenoxy) is 2. The van der Waals surface area contributed by atoms with Gasteiger partial charge in [-0.05, 0) is 71.8 Å². The number of hydrogen-bond acceptors (Lipinski definition) is 5. The first kappa shape index (κ1) is 21.3. The van der Waals surface area contributed by atoms with Crippen LogP contribution >= 0.6 is 0 Å². The Balaban J connectivity index is 1.33. The van der Waals surface area contributed by atoms with E-state index in [4.69, 9.17) is 9.47 Å². The molecule has 0 heterocycles. The van der Waals surface area contributed by atoms with Crippen molar-refractivity contribution in [3.8, 4) is 5.75 Å². The van der Waals surface area contributed by atoms with Crippen molar-refractivity contribution in [2.45, 2.75) is 38.3 Å². The Hall–Kier alpha value is -2.89. The quantitative estimate of drug-likeness (QED) is 0.541. The highest BCUT2D eigenvalue weighted by molar-refractivity contribution is 5.83. The van der Waals surface area contributed by atoms with Crippen molar-refractivity contribution in [3.05, 3.63) is 77.4 Å². The molecular formula is C26H29NO4. The molecule has 0 bridgehead atoms. The lowest BCUT2D eigenvalue weighted by atomic mass is 9.88. The van der Waals surface area contributed by atoms with Crippen LogP contribution in [0.1, 0.15) is 36.1 Å². The van der Waals surface area contributed by atoms with Gasteiger partial charge in [0.05, 0.1) is 12.7 Å². The first-order chi connectivity index (χ1) is 15.1. The molecule has 0 radical (unpaired) electrons. The summed E-state index contributed by atoms with van der Waals surface area (Å²) < 4.78 is 10.5. The second kappa shape index (κ2) is 9.94. The maximum absolute atomic E-state index is 11.5. The summed E-state index contributed by atoms with van der Waals surface area (Å²) in [5.74, 6) is 0.325. The molecule has 3 aromatic carbocycles. The monoisotopic (exact) mass is 419 g/mol. The van der Waals surface area contributed by atoms with Gasteiger partial charge in [-0.3, -0.25) is 0 Å². The van der Waals surface area contributed by atoms with E-state index in [-0.39, 0.29) is 12.6 Å². The molecule has 4 rings (SSSR count). The third-order valence-electron chi connectivity index (χ3n) is 5.83. The van der Waals surface area contributed by atoms with Gasteiger partial charge in [0.1, 0.15) is 5.75 Å². The van der Waals surface area contributed by atoms with Crippen molar-refractivity contribution in [2.24, 2.45) is 0 Å². The van der Waals surface area contributed by atoms with E-state index in [2.05, 4.69) is 35.6 Å². The average Bonchev–Trinajstić information content (AvgIpc) is 2.80. The average molecular weight is 420 g/mol. The van der Waals surface area contributed by atoms with Crippen molar-refractivity contribution in [1.29, 1.82) is 0 Å². The molecule has 3 aromatic rings. The minimum absolute atomic E-state index is 0.0771. The smallest absolute Gasteiger partial charge is 0.344 e. The van der Waals surface area contributed by atoms with Crippen LogP contribution in [0.2, 0.25) is 0 Å². The molecule has 0 saturated carbocycles. The second-order valence-corrected chi connectivity index (χ2v) is 7.99. The third-order valence-corrected chi connectivity index (χ3v) is 5.83. The van der Waals surface area contributed by atoms with Crippen molar-refractivity contribution in [2.75, 3.05) is 19.8 Å². The summed E-state index contributed by atoms with van der Waals surface area (Å²) in [6.45, 7) is 2.56. The Morgan fingerprint density at radius 2 is 1.94 bits per heavy atom. The maximum atomic E-state index is 11.5. The summed E-state index contributed by atoms with van der Waals surface area (Å²) in [6.07, 6.45) is 2.33. The molecule has 5 nitrogen and oxygen atoms in total. The highest BCUT2D eigenvalue weighted by atomic mass is 16.6. The number of nitrogens with one attached hydrogen (secondary N) is 1. The summed E-state index contributed by atoms with van der Waals surface area (Å²) in [5.41, 5.74) is 3.47. The van der Waals surface area contributed by atoms with Gasteiger partial charge in [0.15, 0.2) is 6.61 Å². The van der Waals surface area contributed by atoms with E-state index in [9.17, 15) is 9.90 Å². The topological polar surface area (TPSA) is 67.8 Å². The molecule has 162 valence electrons. The van der Waals surface area contributed by atoms with Gasteiger partial charge in [0.25, 0.3) is 0 Å². The van der Waals surface area contributed by atoms with Crippen LogP contribution in [0.3, 0.4) is 0 Å². The number of aliphatic hydroxyl groups excluding tert-OH is 1. The van der Waals surface area contributed by atoms with E-state index >= 15 is 0 Å². The summed E-state index contributed by atoms with van der Waals surface area (Å²) in [4.78, 5) is 11.5. The third kappa shape index (κ3) is 5.43. The number of carbonyl (C=O) groups is 1. The fourth-order valence-electron chi connectivity index (χ4n) is 4.15. The zero-order valence-electron chi connectivity index (χ0n) is 17.8. The first-order valence-electron chi connectivity index (χ1n) is 10.9. The predicted octanol–water partition coefficient (Wildman–Crippen LogP) is 3.96. The number of rotatable bonds is 8. The molecule has 0 fully saturated rings. The largest absolute Gasteiger partial charge is 0.482 e.